The second-order valence-corrected chi connectivity index (χ2v) is 5.31. The van der Waals surface area contributed by atoms with Gasteiger partial charge in [0.25, 0.3) is 5.22 Å². The van der Waals surface area contributed by atoms with Crippen molar-refractivity contribution >= 4 is 23.5 Å². The molecule has 0 N–H and O–H groups in total. The van der Waals surface area contributed by atoms with Crippen molar-refractivity contribution in [3.05, 3.63) is 36.2 Å². The highest BCUT2D eigenvalue weighted by atomic mass is 32.2. The Morgan fingerprint density at radius 2 is 1.81 bits per heavy atom. The maximum Gasteiger partial charge on any atom is 0.276 e. The summed E-state index contributed by atoms with van der Waals surface area (Å²) in [6.07, 6.45) is 0. The van der Waals surface area contributed by atoms with E-state index in [0.717, 1.165) is 11.5 Å². The molecule has 0 unspecified atom stereocenters. The van der Waals surface area contributed by atoms with Crippen molar-refractivity contribution in [2.24, 2.45) is 0 Å². The van der Waals surface area contributed by atoms with E-state index in [0.29, 0.717) is 11.1 Å². The van der Waals surface area contributed by atoms with Crippen molar-refractivity contribution in [2.75, 3.05) is 11.5 Å². The van der Waals surface area contributed by atoms with E-state index >= 15 is 0 Å². The number of rotatable bonds is 5. The minimum absolute atomic E-state index is 0.623. The summed E-state index contributed by atoms with van der Waals surface area (Å²) in [7, 11) is 0. The molecule has 0 aliphatic carbocycles. The molecule has 84 valence electrons. The minimum atomic E-state index is 0.623. The molecule has 0 spiro atoms. The van der Waals surface area contributed by atoms with Crippen LogP contribution < -0.4 is 0 Å². The first-order valence-corrected chi connectivity index (χ1v) is 6.92. The lowest BCUT2D eigenvalue weighted by atomic mass is 10.4. The number of hydrogen-bond acceptors (Lipinski definition) is 5. The summed E-state index contributed by atoms with van der Waals surface area (Å²) in [5, 5.41) is 8.37. The van der Waals surface area contributed by atoms with E-state index in [1.165, 1.54) is 4.90 Å². The number of thioether (sulfide) groups is 2. The van der Waals surface area contributed by atoms with Crippen molar-refractivity contribution in [1.29, 1.82) is 0 Å². The lowest BCUT2D eigenvalue weighted by Crippen LogP contribution is -1.84. The number of hydrogen-bond donors (Lipinski definition) is 0. The molecule has 2 rings (SSSR count). The van der Waals surface area contributed by atoms with Crippen LogP contribution in [0.2, 0.25) is 0 Å². The van der Waals surface area contributed by atoms with Crippen LogP contribution >= 0.6 is 23.5 Å². The molecule has 3 nitrogen and oxygen atoms in total. The topological polar surface area (TPSA) is 38.9 Å². The van der Waals surface area contributed by atoms with Crippen molar-refractivity contribution in [3.63, 3.8) is 0 Å². The Kier molecular flexibility index (Phi) is 4.30. The summed E-state index contributed by atoms with van der Waals surface area (Å²) in [4.78, 5) is 1.30. The average Bonchev–Trinajstić information content (AvgIpc) is 2.72. The van der Waals surface area contributed by atoms with E-state index in [4.69, 9.17) is 4.42 Å². The van der Waals surface area contributed by atoms with Gasteiger partial charge in [-0.1, -0.05) is 30.0 Å². The molecule has 5 heteroatoms. The molecule has 0 fully saturated rings. The van der Waals surface area contributed by atoms with Gasteiger partial charge >= 0.3 is 0 Å². The molecule has 0 aliphatic heterocycles. The third-order valence-electron chi connectivity index (χ3n) is 1.83. The zero-order valence-corrected chi connectivity index (χ0v) is 10.6. The van der Waals surface area contributed by atoms with Gasteiger partial charge in [0, 0.05) is 23.3 Å². The summed E-state index contributed by atoms with van der Waals surface area (Å²) in [6, 6.07) is 10.4. The van der Waals surface area contributed by atoms with E-state index in [1.54, 1.807) is 18.7 Å². The maximum atomic E-state index is 5.27. The van der Waals surface area contributed by atoms with Crippen LogP contribution in [0.25, 0.3) is 0 Å². The Morgan fingerprint density at radius 1 is 1.06 bits per heavy atom. The lowest BCUT2D eigenvalue weighted by Gasteiger charge is -1.98. The summed E-state index contributed by atoms with van der Waals surface area (Å²) in [5.74, 6) is 2.63. The molecule has 16 heavy (non-hydrogen) atoms. The second-order valence-electron chi connectivity index (χ2n) is 3.10. The van der Waals surface area contributed by atoms with Gasteiger partial charge in [-0.3, -0.25) is 0 Å². The van der Waals surface area contributed by atoms with Crippen LogP contribution in [0.3, 0.4) is 0 Å². The van der Waals surface area contributed by atoms with Crippen LogP contribution in [0.5, 0.6) is 0 Å². The predicted molar refractivity (Wildman–Crippen MR) is 66.9 cm³/mol. The highest BCUT2D eigenvalue weighted by molar-refractivity contribution is 8.02. The average molecular weight is 252 g/mol. The van der Waals surface area contributed by atoms with E-state index in [-0.39, 0.29) is 0 Å². The van der Waals surface area contributed by atoms with Crippen LogP contribution in [0.4, 0.5) is 0 Å². The highest BCUT2D eigenvalue weighted by Gasteiger charge is 2.02. The van der Waals surface area contributed by atoms with Crippen LogP contribution in [0, 0.1) is 6.92 Å². The molecule has 1 aromatic heterocycles. The Bertz CT molecular complexity index is 431. The second kappa shape index (κ2) is 5.96. The molecule has 0 bridgehead atoms. The molecule has 0 saturated carbocycles. The fourth-order valence-electron chi connectivity index (χ4n) is 1.14. The Labute approximate surface area is 103 Å². The predicted octanol–water partition coefficient (Wildman–Crippen LogP) is 3.26. The van der Waals surface area contributed by atoms with Crippen LogP contribution in [-0.4, -0.2) is 21.7 Å². The molecule has 0 amide bonds. The number of nitrogens with zero attached hydrogens (tertiary/aromatic N) is 2. The van der Waals surface area contributed by atoms with Crippen molar-refractivity contribution in [3.8, 4) is 0 Å². The summed E-state index contributed by atoms with van der Waals surface area (Å²) in [5.41, 5.74) is 0. The molecular formula is C11H12N2OS2. The summed E-state index contributed by atoms with van der Waals surface area (Å²) < 4.78 is 5.27. The normalized spacial score (nSPS) is 10.6. The molecule has 0 aliphatic rings. The zero-order valence-electron chi connectivity index (χ0n) is 8.92. The van der Waals surface area contributed by atoms with E-state index < -0.39 is 0 Å². The third-order valence-corrected chi connectivity index (χ3v) is 3.92. The van der Waals surface area contributed by atoms with Gasteiger partial charge in [-0.15, -0.1) is 22.0 Å². The summed E-state index contributed by atoms with van der Waals surface area (Å²) >= 11 is 3.44. The minimum Gasteiger partial charge on any atom is -0.416 e. The van der Waals surface area contributed by atoms with Crippen LogP contribution in [0.15, 0.2) is 44.9 Å². The number of aryl methyl sites for hydroxylation is 1. The Balaban J connectivity index is 1.69. The fourth-order valence-corrected chi connectivity index (χ4v) is 2.85. The quantitative estimate of drug-likeness (QED) is 0.603. The standard InChI is InChI=1S/C11H12N2OS2/c1-9-12-13-11(14-9)16-8-7-15-10-5-3-2-4-6-10/h2-6H,7-8H2,1H3. The first-order valence-electron chi connectivity index (χ1n) is 4.95. The molecular weight excluding hydrogens is 240 g/mol. The Morgan fingerprint density at radius 3 is 2.50 bits per heavy atom. The SMILES string of the molecule is Cc1nnc(SCCSc2ccccc2)o1. The first-order chi connectivity index (χ1) is 7.84. The summed E-state index contributed by atoms with van der Waals surface area (Å²) in [6.45, 7) is 1.80. The van der Waals surface area contributed by atoms with Crippen molar-refractivity contribution < 1.29 is 4.42 Å². The number of aromatic nitrogens is 2. The lowest BCUT2D eigenvalue weighted by molar-refractivity contribution is 0.429. The fraction of sp³-hybridized carbons (Fsp3) is 0.273. The van der Waals surface area contributed by atoms with Gasteiger partial charge in [0.2, 0.25) is 5.89 Å². The zero-order chi connectivity index (χ0) is 11.2. The third kappa shape index (κ3) is 3.57. The highest BCUT2D eigenvalue weighted by Crippen LogP contribution is 2.21. The molecule has 2 aromatic rings. The van der Waals surface area contributed by atoms with Gasteiger partial charge in [-0.25, -0.2) is 0 Å². The smallest absolute Gasteiger partial charge is 0.276 e. The van der Waals surface area contributed by atoms with Crippen molar-refractivity contribution in [2.45, 2.75) is 17.0 Å². The van der Waals surface area contributed by atoms with Gasteiger partial charge in [-0.05, 0) is 12.1 Å². The largest absolute Gasteiger partial charge is 0.416 e. The van der Waals surface area contributed by atoms with Gasteiger partial charge < -0.3 is 4.42 Å². The molecule has 0 atom stereocenters. The van der Waals surface area contributed by atoms with E-state index in [1.807, 2.05) is 17.8 Å². The molecule has 0 saturated heterocycles. The first kappa shape index (κ1) is 11.5. The van der Waals surface area contributed by atoms with Gasteiger partial charge in [0.15, 0.2) is 0 Å². The van der Waals surface area contributed by atoms with Crippen molar-refractivity contribution in [1.82, 2.24) is 10.2 Å². The monoisotopic (exact) mass is 252 g/mol. The maximum absolute atomic E-state index is 5.27. The van der Waals surface area contributed by atoms with Crippen LogP contribution in [-0.2, 0) is 0 Å². The number of benzene rings is 1. The van der Waals surface area contributed by atoms with Gasteiger partial charge in [0.1, 0.15) is 0 Å². The van der Waals surface area contributed by atoms with E-state index in [9.17, 15) is 0 Å². The molecule has 0 radical (unpaired) electrons. The van der Waals surface area contributed by atoms with Gasteiger partial charge in [-0.2, -0.15) is 0 Å². The van der Waals surface area contributed by atoms with Crippen LogP contribution in [0.1, 0.15) is 5.89 Å². The van der Waals surface area contributed by atoms with Gasteiger partial charge in [0.05, 0.1) is 0 Å². The molecule has 1 aromatic carbocycles. The Hall–Kier alpha value is -0.940. The van der Waals surface area contributed by atoms with E-state index in [2.05, 4.69) is 34.5 Å². The molecule has 1 heterocycles.